The average Bonchev–Trinajstić information content (AvgIpc) is 2.74. The molecule has 0 saturated carbocycles. The van der Waals surface area contributed by atoms with Gasteiger partial charge < -0.3 is 20.4 Å². The van der Waals surface area contributed by atoms with E-state index < -0.39 is 11.0 Å². The van der Waals surface area contributed by atoms with E-state index in [1.54, 1.807) is 24.0 Å². The third-order valence-corrected chi connectivity index (χ3v) is 5.34. The smallest absolute Gasteiger partial charge is 0.292 e. The van der Waals surface area contributed by atoms with Crippen LogP contribution in [0.2, 0.25) is 0 Å². The number of nitro groups is 1. The van der Waals surface area contributed by atoms with Gasteiger partial charge in [0.15, 0.2) is 0 Å². The molecule has 0 aliphatic carbocycles. The number of amides is 1. The van der Waals surface area contributed by atoms with Gasteiger partial charge in [-0.05, 0) is 44.2 Å². The molecular formula is C21H28N5O3+. The van der Waals surface area contributed by atoms with Crippen LogP contribution >= 0.6 is 0 Å². The van der Waals surface area contributed by atoms with E-state index in [2.05, 4.69) is 34.6 Å². The Morgan fingerprint density at radius 1 is 1.17 bits per heavy atom. The lowest BCUT2D eigenvalue weighted by Gasteiger charge is -2.33. The van der Waals surface area contributed by atoms with Gasteiger partial charge in [-0.3, -0.25) is 14.9 Å². The fourth-order valence-electron chi connectivity index (χ4n) is 3.50. The number of nitrogens with zero attached hydrogens (tertiary/aromatic N) is 2. The summed E-state index contributed by atoms with van der Waals surface area (Å²) in [7, 11) is 0. The third kappa shape index (κ3) is 5.23. The Morgan fingerprint density at radius 3 is 2.45 bits per heavy atom. The minimum Gasteiger partial charge on any atom is -0.374 e. The topological polar surface area (TPSA) is 92.0 Å². The molecule has 8 heteroatoms. The molecule has 0 bridgehead atoms. The number of piperazine rings is 1. The zero-order valence-electron chi connectivity index (χ0n) is 16.9. The second-order valence-corrected chi connectivity index (χ2v) is 7.27. The summed E-state index contributed by atoms with van der Waals surface area (Å²) >= 11 is 0. The summed E-state index contributed by atoms with van der Waals surface area (Å²) in [6, 6.07) is 13.6. The Balaban J connectivity index is 1.57. The van der Waals surface area contributed by atoms with Crippen molar-refractivity contribution in [2.75, 3.05) is 48.3 Å². The lowest BCUT2D eigenvalue weighted by Crippen LogP contribution is -3.14. The highest BCUT2D eigenvalue weighted by molar-refractivity contribution is 5.98. The van der Waals surface area contributed by atoms with Gasteiger partial charge in [0.05, 0.1) is 37.6 Å². The molecule has 1 amide bonds. The lowest BCUT2D eigenvalue weighted by molar-refractivity contribution is -0.898. The van der Waals surface area contributed by atoms with Crippen LogP contribution in [0.4, 0.5) is 22.7 Å². The summed E-state index contributed by atoms with van der Waals surface area (Å²) in [6.45, 7) is 9.51. The molecule has 8 nitrogen and oxygen atoms in total. The van der Waals surface area contributed by atoms with Gasteiger partial charge in [0.25, 0.3) is 5.69 Å². The number of anilines is 3. The number of rotatable bonds is 7. The predicted molar refractivity (Wildman–Crippen MR) is 115 cm³/mol. The van der Waals surface area contributed by atoms with Crippen molar-refractivity contribution in [1.82, 2.24) is 0 Å². The molecule has 2 aromatic rings. The molecule has 1 aliphatic rings. The van der Waals surface area contributed by atoms with E-state index in [0.29, 0.717) is 0 Å². The Morgan fingerprint density at radius 2 is 1.83 bits per heavy atom. The van der Waals surface area contributed by atoms with Crippen molar-refractivity contribution in [1.29, 1.82) is 0 Å². The predicted octanol–water partition coefficient (Wildman–Crippen LogP) is 1.76. The summed E-state index contributed by atoms with van der Waals surface area (Å²) in [5, 5.41) is 16.9. The van der Waals surface area contributed by atoms with E-state index in [4.69, 9.17) is 0 Å². The summed E-state index contributed by atoms with van der Waals surface area (Å²) in [5.41, 5.74) is 2.08. The lowest BCUT2D eigenvalue weighted by atomic mass is 10.2. The van der Waals surface area contributed by atoms with Gasteiger partial charge in [0.2, 0.25) is 5.91 Å². The first-order valence-electron chi connectivity index (χ1n) is 9.97. The van der Waals surface area contributed by atoms with E-state index in [1.807, 2.05) is 12.1 Å². The van der Waals surface area contributed by atoms with Gasteiger partial charge in [-0.15, -0.1) is 0 Å². The van der Waals surface area contributed by atoms with Gasteiger partial charge >= 0.3 is 0 Å². The maximum absolute atomic E-state index is 12.5. The van der Waals surface area contributed by atoms with Gasteiger partial charge in [0, 0.05) is 17.4 Å². The second kappa shape index (κ2) is 9.38. The van der Waals surface area contributed by atoms with Crippen LogP contribution in [0.5, 0.6) is 0 Å². The highest BCUT2D eigenvalue weighted by Gasteiger charge is 2.20. The summed E-state index contributed by atoms with van der Waals surface area (Å²) in [5.74, 6) is -0.331. The number of carbonyl (C=O) groups is 1. The first kappa shape index (κ1) is 20.6. The van der Waals surface area contributed by atoms with E-state index in [-0.39, 0.29) is 17.3 Å². The van der Waals surface area contributed by atoms with E-state index >= 15 is 0 Å². The second-order valence-electron chi connectivity index (χ2n) is 7.27. The number of quaternary nitrogens is 1. The van der Waals surface area contributed by atoms with Crippen molar-refractivity contribution >= 4 is 28.7 Å². The first-order chi connectivity index (χ1) is 14.0. The maximum atomic E-state index is 12.5. The highest BCUT2D eigenvalue weighted by Crippen LogP contribution is 2.24. The van der Waals surface area contributed by atoms with Crippen molar-refractivity contribution in [3.05, 3.63) is 58.6 Å². The van der Waals surface area contributed by atoms with Gasteiger partial charge in [0.1, 0.15) is 11.7 Å². The largest absolute Gasteiger partial charge is 0.374 e. The monoisotopic (exact) mass is 398 g/mol. The molecule has 0 unspecified atom stereocenters. The minimum atomic E-state index is -0.544. The van der Waals surface area contributed by atoms with Crippen LogP contribution in [0.25, 0.3) is 0 Å². The van der Waals surface area contributed by atoms with Crippen LogP contribution < -0.4 is 20.4 Å². The molecule has 2 aromatic carbocycles. The van der Waals surface area contributed by atoms with Crippen LogP contribution in [0.15, 0.2) is 48.5 Å². The molecule has 1 heterocycles. The molecule has 0 radical (unpaired) electrons. The quantitative estimate of drug-likeness (QED) is 0.488. The van der Waals surface area contributed by atoms with Gasteiger partial charge in [-0.25, -0.2) is 0 Å². The van der Waals surface area contributed by atoms with E-state index in [1.165, 1.54) is 24.4 Å². The Hall–Kier alpha value is -3.13. The summed E-state index contributed by atoms with van der Waals surface area (Å²) in [4.78, 5) is 27.1. The molecule has 1 aliphatic heterocycles. The van der Waals surface area contributed by atoms with Crippen molar-refractivity contribution in [2.45, 2.75) is 19.9 Å². The van der Waals surface area contributed by atoms with Crippen LogP contribution in [0, 0.1) is 10.1 Å². The number of nitrogens with one attached hydrogen (secondary N) is 3. The van der Waals surface area contributed by atoms with E-state index in [9.17, 15) is 14.9 Å². The first-order valence-corrected chi connectivity index (χ1v) is 9.97. The Kier molecular flexibility index (Phi) is 6.66. The molecule has 1 fully saturated rings. The highest BCUT2D eigenvalue weighted by atomic mass is 16.6. The van der Waals surface area contributed by atoms with Gasteiger partial charge in [-0.1, -0.05) is 12.1 Å². The zero-order valence-corrected chi connectivity index (χ0v) is 16.9. The number of hydrogen-bond acceptors (Lipinski definition) is 5. The molecule has 0 spiro atoms. The third-order valence-electron chi connectivity index (χ3n) is 5.34. The van der Waals surface area contributed by atoms with Crippen LogP contribution in [-0.4, -0.2) is 49.6 Å². The molecular weight excluding hydrogens is 370 g/mol. The molecule has 0 aromatic heterocycles. The van der Waals surface area contributed by atoms with Gasteiger partial charge in [-0.2, -0.15) is 0 Å². The number of likely N-dealkylation sites (N-methyl/N-ethyl adjacent to an activating group) is 1. The average molecular weight is 398 g/mol. The van der Waals surface area contributed by atoms with Crippen molar-refractivity contribution < 1.29 is 14.6 Å². The normalized spacial score (nSPS) is 15.6. The van der Waals surface area contributed by atoms with Crippen molar-refractivity contribution in [3.8, 4) is 0 Å². The van der Waals surface area contributed by atoms with E-state index in [0.717, 1.165) is 31.9 Å². The number of nitro benzene ring substituents is 1. The molecule has 154 valence electrons. The Bertz CT molecular complexity index is 848. The molecule has 29 heavy (non-hydrogen) atoms. The summed E-state index contributed by atoms with van der Waals surface area (Å²) in [6.07, 6.45) is 0. The molecule has 1 saturated heterocycles. The molecule has 3 rings (SSSR count). The number of benzene rings is 2. The molecule has 3 N–H and O–H groups in total. The SMILES string of the molecule is CC[NH+]1CCN(c2ccc(N[C@H](C)C(=O)Nc3ccccc3[N+](=O)[O-])cc2)CC1. The maximum Gasteiger partial charge on any atom is 0.292 e. The number of hydrogen-bond donors (Lipinski definition) is 3. The standard InChI is InChI=1S/C21H27N5O3/c1-3-24-12-14-25(15-13-24)18-10-8-17(9-11-18)22-16(2)21(27)23-19-6-4-5-7-20(19)26(28)29/h4-11,16,22H,3,12-15H2,1-2H3,(H,23,27)/p+1/t16-/m1/s1. The van der Waals surface area contributed by atoms with Crippen LogP contribution in [0.1, 0.15) is 13.8 Å². The van der Waals surface area contributed by atoms with Crippen molar-refractivity contribution in [3.63, 3.8) is 0 Å². The van der Waals surface area contributed by atoms with Crippen LogP contribution in [-0.2, 0) is 4.79 Å². The summed E-state index contributed by atoms with van der Waals surface area (Å²) < 4.78 is 0. The van der Waals surface area contributed by atoms with Crippen LogP contribution in [0.3, 0.4) is 0 Å². The number of para-hydroxylation sites is 2. The fraction of sp³-hybridized carbons (Fsp3) is 0.381. The zero-order chi connectivity index (χ0) is 20.8. The fourth-order valence-corrected chi connectivity index (χ4v) is 3.50. The number of carbonyl (C=O) groups excluding carboxylic acids is 1. The minimum absolute atomic E-state index is 0.123. The molecule has 1 atom stereocenters. The Labute approximate surface area is 170 Å². The van der Waals surface area contributed by atoms with Crippen molar-refractivity contribution in [2.24, 2.45) is 0 Å².